The van der Waals surface area contributed by atoms with E-state index in [4.69, 9.17) is 14.5 Å². The highest BCUT2D eigenvalue weighted by Gasteiger charge is 2.19. The number of benzene rings is 2. The number of carbonyl (C=O) groups is 1. The number of nitrogens with zero attached hydrogens (tertiary/aromatic N) is 2. The molecule has 0 saturated heterocycles. The average Bonchev–Trinajstić information content (AvgIpc) is 3.10. The number of amides is 1. The van der Waals surface area contributed by atoms with E-state index in [1.807, 2.05) is 31.3 Å². The molecule has 0 fully saturated rings. The molecule has 1 amide bonds. The number of imidazole rings is 1. The molecule has 7 heteroatoms. The van der Waals surface area contributed by atoms with E-state index in [9.17, 15) is 9.18 Å². The maximum absolute atomic E-state index is 13.6. The number of fused-ring (bicyclic) bond motifs is 1. The van der Waals surface area contributed by atoms with Crippen LogP contribution < -0.4 is 14.8 Å². The normalized spacial score (nSPS) is 10.8. The topological polar surface area (TPSA) is 64.9 Å². The number of aryl methyl sites for hydroxylation is 1. The number of ether oxygens (including phenoxy) is 2. The molecule has 4 rings (SSSR count). The van der Waals surface area contributed by atoms with E-state index in [0.29, 0.717) is 28.7 Å². The molecule has 0 radical (unpaired) electrons. The van der Waals surface area contributed by atoms with E-state index in [-0.39, 0.29) is 5.56 Å². The van der Waals surface area contributed by atoms with Gasteiger partial charge in [0.25, 0.3) is 5.91 Å². The summed E-state index contributed by atoms with van der Waals surface area (Å²) in [6.07, 6.45) is 1.88. The van der Waals surface area contributed by atoms with Crippen molar-refractivity contribution < 1.29 is 18.7 Å². The molecule has 1 N–H and O–H groups in total. The molecule has 0 bridgehead atoms. The van der Waals surface area contributed by atoms with Gasteiger partial charge in [0.1, 0.15) is 23.0 Å². The Hall–Kier alpha value is -3.87. The predicted molar refractivity (Wildman–Crippen MR) is 113 cm³/mol. The van der Waals surface area contributed by atoms with Crippen molar-refractivity contribution in [2.75, 3.05) is 19.5 Å². The molecule has 0 atom stereocenters. The third-order valence-corrected chi connectivity index (χ3v) is 4.74. The second-order valence-electron chi connectivity index (χ2n) is 6.78. The number of hydrogen-bond acceptors (Lipinski definition) is 4. The number of methoxy groups -OCH3 is 2. The monoisotopic (exact) mass is 405 g/mol. The van der Waals surface area contributed by atoms with Crippen LogP contribution in [0.3, 0.4) is 0 Å². The van der Waals surface area contributed by atoms with Crippen LogP contribution >= 0.6 is 0 Å². The minimum Gasteiger partial charge on any atom is -0.493 e. The summed E-state index contributed by atoms with van der Waals surface area (Å²) in [4.78, 5) is 17.5. The van der Waals surface area contributed by atoms with Crippen molar-refractivity contribution in [2.24, 2.45) is 0 Å². The van der Waals surface area contributed by atoms with Crippen LogP contribution in [-0.2, 0) is 0 Å². The van der Waals surface area contributed by atoms with Crippen LogP contribution in [0.15, 0.2) is 60.8 Å². The lowest BCUT2D eigenvalue weighted by molar-refractivity contribution is 0.102. The summed E-state index contributed by atoms with van der Waals surface area (Å²) in [6.45, 7) is 1.95. The van der Waals surface area contributed by atoms with Gasteiger partial charge in [-0.05, 0) is 55.0 Å². The van der Waals surface area contributed by atoms with Crippen molar-refractivity contribution in [3.05, 3.63) is 77.7 Å². The zero-order chi connectivity index (χ0) is 21.3. The van der Waals surface area contributed by atoms with E-state index in [1.54, 1.807) is 36.8 Å². The molecule has 0 aliphatic rings. The summed E-state index contributed by atoms with van der Waals surface area (Å²) >= 11 is 0. The van der Waals surface area contributed by atoms with Gasteiger partial charge in [-0.1, -0.05) is 12.1 Å². The molecule has 0 spiro atoms. The van der Waals surface area contributed by atoms with Crippen LogP contribution in [0.5, 0.6) is 11.5 Å². The first-order chi connectivity index (χ1) is 14.5. The van der Waals surface area contributed by atoms with Gasteiger partial charge in [-0.25, -0.2) is 9.37 Å². The van der Waals surface area contributed by atoms with Gasteiger partial charge in [0.15, 0.2) is 11.5 Å². The van der Waals surface area contributed by atoms with Crippen LogP contribution in [0.1, 0.15) is 15.9 Å². The highest BCUT2D eigenvalue weighted by molar-refractivity contribution is 6.05. The Kier molecular flexibility index (Phi) is 5.10. The molecule has 4 aromatic rings. The van der Waals surface area contributed by atoms with E-state index >= 15 is 0 Å². The standard InChI is InChI=1S/C23H20FN3O3/c1-14-7-10-20-25-21(15-8-9-18(29-2)19(12-15)30-3)22(27(20)13-14)26-23(28)16-5-4-6-17(24)11-16/h4-13H,1-3H3,(H,26,28). The van der Waals surface area contributed by atoms with Crippen LogP contribution in [0.2, 0.25) is 0 Å². The van der Waals surface area contributed by atoms with Crippen LogP contribution in [0.25, 0.3) is 16.9 Å². The highest BCUT2D eigenvalue weighted by atomic mass is 19.1. The molecule has 0 saturated carbocycles. The first-order valence-corrected chi connectivity index (χ1v) is 9.28. The van der Waals surface area contributed by atoms with Gasteiger partial charge < -0.3 is 14.8 Å². The van der Waals surface area contributed by atoms with Gasteiger partial charge in [-0.3, -0.25) is 9.20 Å². The molecule has 0 unspecified atom stereocenters. The summed E-state index contributed by atoms with van der Waals surface area (Å²) in [7, 11) is 3.12. The van der Waals surface area contributed by atoms with Crippen molar-refractivity contribution >= 4 is 17.4 Å². The van der Waals surface area contributed by atoms with Crippen molar-refractivity contribution in [1.29, 1.82) is 0 Å². The third-order valence-electron chi connectivity index (χ3n) is 4.74. The molecule has 0 aliphatic heterocycles. The van der Waals surface area contributed by atoms with Crippen molar-refractivity contribution in [2.45, 2.75) is 6.92 Å². The van der Waals surface area contributed by atoms with E-state index < -0.39 is 11.7 Å². The number of carbonyl (C=O) groups excluding carboxylic acids is 1. The summed E-state index contributed by atoms with van der Waals surface area (Å²) in [5.41, 5.74) is 3.19. The fourth-order valence-corrected chi connectivity index (χ4v) is 3.26. The van der Waals surface area contributed by atoms with Crippen molar-refractivity contribution in [3.8, 4) is 22.8 Å². The molecule has 2 heterocycles. The molecular weight excluding hydrogens is 385 g/mol. The Bertz CT molecular complexity index is 1250. The fourth-order valence-electron chi connectivity index (χ4n) is 3.26. The van der Waals surface area contributed by atoms with E-state index in [1.165, 1.54) is 18.2 Å². The van der Waals surface area contributed by atoms with E-state index in [2.05, 4.69) is 5.32 Å². The number of pyridine rings is 1. The number of aromatic nitrogens is 2. The van der Waals surface area contributed by atoms with Gasteiger partial charge in [-0.15, -0.1) is 0 Å². The SMILES string of the molecule is COc1ccc(-c2nc3ccc(C)cn3c2NC(=O)c2cccc(F)c2)cc1OC. The molecule has 30 heavy (non-hydrogen) atoms. The highest BCUT2D eigenvalue weighted by Crippen LogP contribution is 2.35. The molecule has 0 aliphatic carbocycles. The summed E-state index contributed by atoms with van der Waals surface area (Å²) < 4.78 is 26.1. The molecule has 6 nitrogen and oxygen atoms in total. The number of halogens is 1. The number of rotatable bonds is 5. The summed E-state index contributed by atoms with van der Waals surface area (Å²) in [6, 6.07) is 14.8. The van der Waals surface area contributed by atoms with Gasteiger partial charge in [0.2, 0.25) is 0 Å². The Morgan fingerprint density at radius 2 is 1.83 bits per heavy atom. The Labute approximate surface area is 172 Å². The Balaban J connectivity index is 1.85. The zero-order valence-electron chi connectivity index (χ0n) is 16.8. The van der Waals surface area contributed by atoms with E-state index in [0.717, 1.165) is 11.1 Å². The Morgan fingerprint density at radius 1 is 1.03 bits per heavy atom. The third kappa shape index (κ3) is 3.57. The van der Waals surface area contributed by atoms with Crippen molar-refractivity contribution in [1.82, 2.24) is 9.38 Å². The smallest absolute Gasteiger partial charge is 0.256 e. The van der Waals surface area contributed by atoms with Gasteiger partial charge in [0, 0.05) is 17.3 Å². The lowest BCUT2D eigenvalue weighted by Gasteiger charge is -2.11. The van der Waals surface area contributed by atoms with Crippen LogP contribution in [-0.4, -0.2) is 29.5 Å². The lowest BCUT2D eigenvalue weighted by Crippen LogP contribution is -2.14. The number of anilines is 1. The predicted octanol–water partition coefficient (Wildman–Crippen LogP) is 4.72. The number of hydrogen-bond donors (Lipinski definition) is 1. The molecular formula is C23H20FN3O3. The average molecular weight is 405 g/mol. The minimum atomic E-state index is -0.475. The second-order valence-corrected chi connectivity index (χ2v) is 6.78. The van der Waals surface area contributed by atoms with Gasteiger partial charge in [-0.2, -0.15) is 0 Å². The first-order valence-electron chi connectivity index (χ1n) is 9.28. The summed E-state index contributed by atoms with van der Waals surface area (Å²) in [5.74, 6) is 0.711. The van der Waals surface area contributed by atoms with Crippen molar-refractivity contribution in [3.63, 3.8) is 0 Å². The van der Waals surface area contributed by atoms with Crippen LogP contribution in [0.4, 0.5) is 10.2 Å². The Morgan fingerprint density at radius 3 is 2.57 bits per heavy atom. The largest absolute Gasteiger partial charge is 0.493 e. The fraction of sp³-hybridized carbons (Fsp3) is 0.130. The minimum absolute atomic E-state index is 0.218. The summed E-state index contributed by atoms with van der Waals surface area (Å²) in [5, 5.41) is 2.89. The molecule has 2 aromatic heterocycles. The zero-order valence-corrected chi connectivity index (χ0v) is 16.8. The molecule has 2 aromatic carbocycles. The van der Waals surface area contributed by atoms with Crippen LogP contribution in [0, 0.1) is 12.7 Å². The maximum Gasteiger partial charge on any atom is 0.256 e. The second kappa shape index (κ2) is 7.87. The number of nitrogens with one attached hydrogen (secondary N) is 1. The van der Waals surface area contributed by atoms with Gasteiger partial charge in [0.05, 0.1) is 14.2 Å². The molecule has 152 valence electrons. The quantitative estimate of drug-likeness (QED) is 0.522. The maximum atomic E-state index is 13.6. The first kappa shape index (κ1) is 19.4. The lowest BCUT2D eigenvalue weighted by atomic mass is 10.1. The van der Waals surface area contributed by atoms with Gasteiger partial charge >= 0.3 is 0 Å².